The van der Waals surface area contributed by atoms with Gasteiger partial charge in [0.05, 0.1) is 36.0 Å². The molecule has 3 aromatic carbocycles. The third-order valence-electron chi connectivity index (χ3n) is 6.97. The van der Waals surface area contributed by atoms with Gasteiger partial charge < -0.3 is 19.5 Å². The molecule has 1 N–H and O–H groups in total. The predicted molar refractivity (Wildman–Crippen MR) is 147 cm³/mol. The van der Waals surface area contributed by atoms with E-state index in [0.717, 1.165) is 51.1 Å². The number of rotatable bonds is 5. The number of pyridine rings is 1. The van der Waals surface area contributed by atoms with Crippen molar-refractivity contribution in [3.8, 4) is 34.1 Å². The molecule has 0 spiro atoms. The van der Waals surface area contributed by atoms with Crippen LogP contribution in [0.25, 0.3) is 33.2 Å². The van der Waals surface area contributed by atoms with Crippen molar-refractivity contribution in [3.05, 3.63) is 78.5 Å². The van der Waals surface area contributed by atoms with Crippen LogP contribution >= 0.6 is 0 Å². The average Bonchev–Trinajstić information content (AvgIpc) is 2.91. The van der Waals surface area contributed by atoms with E-state index < -0.39 is 5.60 Å². The number of hydrogen-bond acceptors (Lipinski definition) is 6. The van der Waals surface area contributed by atoms with E-state index in [0.29, 0.717) is 12.1 Å². The first-order valence-corrected chi connectivity index (χ1v) is 12.5. The summed E-state index contributed by atoms with van der Waals surface area (Å²) in [5.41, 5.74) is 5.58. The van der Waals surface area contributed by atoms with Crippen molar-refractivity contribution < 1.29 is 14.6 Å². The monoisotopic (exact) mass is 493 g/mol. The standard InChI is InChI=1S/C31H31N3O3/c1-20-18-34(19-28(37-20)31(2,3)35)24-14-12-23(13-15-24)27-17-33-29-25(6-5-7-26(29)30(27)36-4)22-10-8-21(16-32)9-11-22/h5-15,17,20,28,35H,18-19H2,1-4H3/t20-,28-/m0/s1. The third-order valence-corrected chi connectivity index (χ3v) is 6.97. The van der Waals surface area contributed by atoms with Crippen molar-refractivity contribution in [2.45, 2.75) is 38.6 Å². The summed E-state index contributed by atoms with van der Waals surface area (Å²) in [6.45, 7) is 7.03. The number of nitrogens with zero attached hydrogens (tertiary/aromatic N) is 3. The van der Waals surface area contributed by atoms with Gasteiger partial charge in [-0.3, -0.25) is 4.98 Å². The summed E-state index contributed by atoms with van der Waals surface area (Å²) < 4.78 is 11.9. The van der Waals surface area contributed by atoms with Gasteiger partial charge in [0.1, 0.15) is 11.9 Å². The summed E-state index contributed by atoms with van der Waals surface area (Å²) in [6.07, 6.45) is 1.63. The molecule has 2 atom stereocenters. The van der Waals surface area contributed by atoms with E-state index in [9.17, 15) is 5.11 Å². The smallest absolute Gasteiger partial charge is 0.137 e. The van der Waals surface area contributed by atoms with Crippen LogP contribution in [0, 0.1) is 11.3 Å². The summed E-state index contributed by atoms with van der Waals surface area (Å²) in [7, 11) is 1.69. The molecular weight excluding hydrogens is 462 g/mol. The van der Waals surface area contributed by atoms with Crippen LogP contribution in [0.5, 0.6) is 5.75 Å². The molecule has 0 aliphatic carbocycles. The number of nitriles is 1. The molecule has 5 rings (SSSR count). The highest BCUT2D eigenvalue weighted by molar-refractivity contribution is 6.00. The fraction of sp³-hybridized carbons (Fsp3) is 0.290. The molecule has 2 heterocycles. The normalized spacial score (nSPS) is 18.0. The van der Waals surface area contributed by atoms with Gasteiger partial charge in [-0.15, -0.1) is 0 Å². The molecule has 1 aliphatic heterocycles. The van der Waals surface area contributed by atoms with Crippen LogP contribution in [0.3, 0.4) is 0 Å². The first-order chi connectivity index (χ1) is 17.8. The maximum atomic E-state index is 10.5. The van der Waals surface area contributed by atoms with Crippen LogP contribution in [0.2, 0.25) is 0 Å². The number of benzene rings is 3. The van der Waals surface area contributed by atoms with Crippen LogP contribution in [0.1, 0.15) is 26.3 Å². The Morgan fingerprint density at radius 2 is 1.68 bits per heavy atom. The molecule has 6 heteroatoms. The van der Waals surface area contributed by atoms with Crippen molar-refractivity contribution in [1.82, 2.24) is 4.98 Å². The molecule has 0 saturated carbocycles. The summed E-state index contributed by atoms with van der Waals surface area (Å²) in [5.74, 6) is 0.773. The first-order valence-electron chi connectivity index (χ1n) is 12.5. The molecular formula is C31H31N3O3. The highest BCUT2D eigenvalue weighted by Gasteiger charge is 2.35. The lowest BCUT2D eigenvalue weighted by molar-refractivity contribution is -0.120. The molecule has 1 saturated heterocycles. The van der Waals surface area contributed by atoms with Crippen LogP contribution in [0.4, 0.5) is 5.69 Å². The minimum atomic E-state index is -0.909. The van der Waals surface area contributed by atoms with Crippen LogP contribution in [-0.2, 0) is 4.74 Å². The number of fused-ring (bicyclic) bond motifs is 1. The summed E-state index contributed by atoms with van der Waals surface area (Å²) >= 11 is 0. The van der Waals surface area contributed by atoms with Crippen LogP contribution in [0.15, 0.2) is 72.9 Å². The first kappa shape index (κ1) is 24.8. The van der Waals surface area contributed by atoms with E-state index in [1.807, 2.05) is 55.6 Å². The molecule has 37 heavy (non-hydrogen) atoms. The molecule has 0 bridgehead atoms. The molecule has 0 radical (unpaired) electrons. The fourth-order valence-corrected chi connectivity index (χ4v) is 4.99. The number of aromatic nitrogens is 1. The zero-order chi connectivity index (χ0) is 26.2. The Labute approximate surface area is 217 Å². The maximum Gasteiger partial charge on any atom is 0.137 e. The second-order valence-corrected chi connectivity index (χ2v) is 10.1. The predicted octanol–water partition coefficient (Wildman–Crippen LogP) is 5.81. The quantitative estimate of drug-likeness (QED) is 0.378. The fourth-order valence-electron chi connectivity index (χ4n) is 4.99. The topological polar surface area (TPSA) is 78.6 Å². The molecule has 0 amide bonds. The second-order valence-electron chi connectivity index (χ2n) is 10.1. The second kappa shape index (κ2) is 9.85. The van der Waals surface area contributed by atoms with Gasteiger partial charge in [-0.05, 0) is 62.2 Å². The number of anilines is 1. The Hall–Kier alpha value is -3.92. The molecule has 1 fully saturated rings. The zero-order valence-corrected chi connectivity index (χ0v) is 21.6. The van der Waals surface area contributed by atoms with Crippen molar-refractivity contribution in [3.63, 3.8) is 0 Å². The Kier molecular flexibility index (Phi) is 6.59. The Morgan fingerprint density at radius 3 is 2.32 bits per heavy atom. The number of para-hydroxylation sites is 1. The minimum Gasteiger partial charge on any atom is -0.495 e. The molecule has 0 unspecified atom stereocenters. The number of hydrogen-bond donors (Lipinski definition) is 1. The molecule has 188 valence electrons. The average molecular weight is 494 g/mol. The van der Waals surface area contributed by atoms with Crippen molar-refractivity contribution in [2.75, 3.05) is 25.1 Å². The largest absolute Gasteiger partial charge is 0.495 e. The Bertz CT molecular complexity index is 1450. The van der Waals surface area contributed by atoms with Gasteiger partial charge in [0.25, 0.3) is 0 Å². The summed E-state index contributed by atoms with van der Waals surface area (Å²) in [6, 6.07) is 24.1. The molecule has 4 aromatic rings. The number of aliphatic hydroxyl groups is 1. The van der Waals surface area contributed by atoms with Crippen molar-refractivity contribution >= 4 is 16.6 Å². The molecule has 1 aromatic heterocycles. The SMILES string of the molecule is COc1c(-c2ccc(N3C[C@@H](C(C)(C)O)O[C@@H](C)C3)cc2)cnc2c(-c3ccc(C#N)cc3)cccc12. The number of ether oxygens (including phenoxy) is 2. The van der Waals surface area contributed by atoms with Crippen molar-refractivity contribution in [1.29, 1.82) is 5.26 Å². The van der Waals surface area contributed by atoms with E-state index in [1.54, 1.807) is 21.0 Å². The highest BCUT2D eigenvalue weighted by atomic mass is 16.5. The van der Waals surface area contributed by atoms with Gasteiger partial charge in [-0.2, -0.15) is 5.26 Å². The molecule has 6 nitrogen and oxygen atoms in total. The van der Waals surface area contributed by atoms with Gasteiger partial charge in [-0.1, -0.05) is 36.4 Å². The van der Waals surface area contributed by atoms with Crippen molar-refractivity contribution in [2.24, 2.45) is 0 Å². The van der Waals surface area contributed by atoms with Gasteiger partial charge in [0.15, 0.2) is 0 Å². The van der Waals surface area contributed by atoms with E-state index in [1.165, 1.54) is 0 Å². The number of methoxy groups -OCH3 is 1. The van der Waals surface area contributed by atoms with Crippen LogP contribution in [-0.4, -0.2) is 48.1 Å². The lowest BCUT2D eigenvalue weighted by Crippen LogP contribution is -2.54. The molecule has 1 aliphatic rings. The highest BCUT2D eigenvalue weighted by Crippen LogP contribution is 2.39. The minimum absolute atomic E-state index is 0.0277. The van der Waals surface area contributed by atoms with Gasteiger partial charge in [-0.25, -0.2) is 0 Å². The summed E-state index contributed by atoms with van der Waals surface area (Å²) in [5, 5.41) is 20.6. The van der Waals surface area contributed by atoms with Gasteiger partial charge >= 0.3 is 0 Å². The van der Waals surface area contributed by atoms with E-state index in [-0.39, 0.29) is 12.2 Å². The lowest BCUT2D eigenvalue weighted by atomic mass is 9.97. The Balaban J connectivity index is 1.49. The Morgan fingerprint density at radius 1 is 1.00 bits per heavy atom. The van der Waals surface area contributed by atoms with Crippen LogP contribution < -0.4 is 9.64 Å². The van der Waals surface area contributed by atoms with Gasteiger partial charge in [0.2, 0.25) is 0 Å². The van der Waals surface area contributed by atoms with E-state index in [4.69, 9.17) is 19.7 Å². The lowest BCUT2D eigenvalue weighted by Gasteiger charge is -2.42. The summed E-state index contributed by atoms with van der Waals surface area (Å²) in [4.78, 5) is 7.11. The zero-order valence-electron chi connectivity index (χ0n) is 21.6. The van der Waals surface area contributed by atoms with E-state index in [2.05, 4.69) is 35.2 Å². The van der Waals surface area contributed by atoms with Gasteiger partial charge in [0, 0.05) is 41.5 Å². The third kappa shape index (κ3) is 4.89. The maximum absolute atomic E-state index is 10.5. The number of morpholine rings is 1. The van der Waals surface area contributed by atoms with E-state index >= 15 is 0 Å².